The molecule has 0 aliphatic carbocycles. The minimum absolute atomic E-state index is 0.00831. The summed E-state index contributed by atoms with van der Waals surface area (Å²) in [5.41, 5.74) is -0.662. The Kier molecular flexibility index (Phi) is 5.96. The first-order valence-electron chi connectivity index (χ1n) is 10.5. The summed E-state index contributed by atoms with van der Waals surface area (Å²) in [6.45, 7) is 10.6. The fourth-order valence-electron chi connectivity index (χ4n) is 5.21. The van der Waals surface area contributed by atoms with Gasteiger partial charge < -0.3 is 19.3 Å². The topological polar surface area (TPSA) is 47.9 Å². The Morgan fingerprint density at radius 2 is 1.43 bits per heavy atom. The molecule has 0 amide bonds. The quantitative estimate of drug-likeness (QED) is 0.367. The number of benzene rings is 2. The Balaban J connectivity index is 1.83. The molecule has 2 heterocycles. The van der Waals surface area contributed by atoms with Gasteiger partial charge in [0.2, 0.25) is 0 Å². The normalized spacial score (nSPS) is 29.6. The van der Waals surface area contributed by atoms with Crippen LogP contribution in [0.2, 0.25) is 5.04 Å². The molecule has 30 heavy (non-hydrogen) atoms. The molecule has 5 atom stereocenters. The minimum atomic E-state index is -2.73. The van der Waals surface area contributed by atoms with Crippen LogP contribution in [0.25, 0.3) is 0 Å². The van der Waals surface area contributed by atoms with Gasteiger partial charge in [0.05, 0.1) is 15.8 Å². The number of hydrogen-bond acceptors (Lipinski definition) is 4. The van der Waals surface area contributed by atoms with Gasteiger partial charge in [-0.15, -0.1) is 0 Å². The minimum Gasteiger partial charge on any atom is -0.393 e. The first-order valence-corrected chi connectivity index (χ1v) is 13.8. The largest absolute Gasteiger partial charge is 0.393 e. The Morgan fingerprint density at radius 3 is 1.87 bits per heavy atom. The van der Waals surface area contributed by atoms with E-state index < -0.39 is 25.9 Å². The molecular formula is C24H31IO4Si. The van der Waals surface area contributed by atoms with E-state index in [2.05, 4.69) is 91.9 Å². The van der Waals surface area contributed by atoms with E-state index in [-0.39, 0.29) is 21.2 Å². The Bertz CT molecular complexity index is 828. The van der Waals surface area contributed by atoms with E-state index >= 15 is 0 Å². The maximum atomic E-state index is 12.2. The van der Waals surface area contributed by atoms with Crippen LogP contribution >= 0.6 is 22.6 Å². The first-order chi connectivity index (χ1) is 14.1. The van der Waals surface area contributed by atoms with Gasteiger partial charge in [0.1, 0.15) is 6.10 Å². The van der Waals surface area contributed by atoms with E-state index in [4.69, 9.17) is 14.2 Å². The van der Waals surface area contributed by atoms with Crippen LogP contribution in [0, 0.1) is 0 Å². The molecule has 0 bridgehead atoms. The van der Waals surface area contributed by atoms with Crippen molar-refractivity contribution in [1.82, 2.24) is 0 Å². The second kappa shape index (κ2) is 7.97. The Morgan fingerprint density at radius 1 is 0.933 bits per heavy atom. The maximum absolute atomic E-state index is 12.2. The smallest absolute Gasteiger partial charge is 0.188 e. The predicted molar refractivity (Wildman–Crippen MR) is 130 cm³/mol. The van der Waals surface area contributed by atoms with E-state index in [1.807, 2.05) is 26.0 Å². The van der Waals surface area contributed by atoms with Crippen molar-refractivity contribution in [2.45, 2.75) is 73.6 Å². The van der Waals surface area contributed by atoms with Crippen molar-refractivity contribution in [2.75, 3.05) is 0 Å². The van der Waals surface area contributed by atoms with Gasteiger partial charge in [-0.25, -0.2) is 0 Å². The molecule has 0 saturated carbocycles. The second-order valence-electron chi connectivity index (χ2n) is 9.75. The highest BCUT2D eigenvalue weighted by Gasteiger charge is 2.62. The lowest BCUT2D eigenvalue weighted by atomic mass is 10.2. The highest BCUT2D eigenvalue weighted by Crippen LogP contribution is 2.46. The number of aliphatic hydroxyl groups is 1. The molecule has 1 N–H and O–H groups in total. The van der Waals surface area contributed by atoms with Crippen LogP contribution in [-0.2, 0) is 14.2 Å². The van der Waals surface area contributed by atoms with Gasteiger partial charge in [0.15, 0.2) is 20.2 Å². The van der Waals surface area contributed by atoms with E-state index in [0.717, 1.165) is 0 Å². The highest BCUT2D eigenvalue weighted by molar-refractivity contribution is 14.1. The first kappa shape index (κ1) is 22.4. The summed E-state index contributed by atoms with van der Waals surface area (Å²) in [7, 11) is -2.73. The molecule has 2 unspecified atom stereocenters. The number of fused-ring (bicyclic) bond motifs is 1. The second-order valence-corrected chi connectivity index (χ2v) is 16.0. The standard InChI is InChI=1S/C24H31IO4Si/c1-23(2,3)30(16-12-8-6-9-13-16,17-14-10-7-11-15-17)21(26)19-18(25)20-22(27-19)29-24(4,5)28-20/h6-15,18-22,26H,1-5H3/t18-,19+,20-,21?,22?/m1/s1. The summed E-state index contributed by atoms with van der Waals surface area (Å²) < 4.78 is 18.5. The van der Waals surface area contributed by atoms with Crippen LogP contribution in [0.4, 0.5) is 0 Å². The van der Waals surface area contributed by atoms with E-state index in [1.165, 1.54) is 10.4 Å². The van der Waals surface area contributed by atoms with E-state index in [1.54, 1.807) is 0 Å². The third-order valence-electron chi connectivity index (χ3n) is 6.40. The van der Waals surface area contributed by atoms with Gasteiger partial charge >= 0.3 is 0 Å². The lowest BCUT2D eigenvalue weighted by Crippen LogP contribution is -2.74. The van der Waals surface area contributed by atoms with Gasteiger partial charge in [0.25, 0.3) is 0 Å². The number of halogens is 1. The summed E-state index contributed by atoms with van der Waals surface area (Å²) in [6.07, 6.45) is -0.999. The zero-order chi connectivity index (χ0) is 21.7. The molecular weight excluding hydrogens is 507 g/mol. The van der Waals surface area contributed by atoms with Crippen LogP contribution in [0.3, 0.4) is 0 Å². The molecule has 0 spiro atoms. The molecule has 2 aliphatic rings. The zero-order valence-corrected chi connectivity index (χ0v) is 21.4. The molecule has 2 saturated heterocycles. The average molecular weight is 538 g/mol. The zero-order valence-electron chi connectivity index (χ0n) is 18.2. The number of hydrogen-bond donors (Lipinski definition) is 1. The van der Waals surface area contributed by atoms with Gasteiger partial charge in [-0.3, -0.25) is 0 Å². The van der Waals surface area contributed by atoms with Gasteiger partial charge in [-0.05, 0) is 18.9 Å². The van der Waals surface area contributed by atoms with Gasteiger partial charge in [-0.2, -0.15) is 0 Å². The van der Waals surface area contributed by atoms with Crippen molar-refractivity contribution < 1.29 is 19.3 Å². The fraction of sp³-hybridized carbons (Fsp3) is 0.500. The van der Waals surface area contributed by atoms with Gasteiger partial charge in [0, 0.05) is 0 Å². The lowest BCUT2D eigenvalue weighted by Gasteiger charge is -2.49. The van der Waals surface area contributed by atoms with Crippen molar-refractivity contribution in [2.24, 2.45) is 0 Å². The summed E-state index contributed by atoms with van der Waals surface area (Å²) >= 11 is 2.38. The molecule has 0 aromatic heterocycles. The molecule has 2 aromatic carbocycles. The summed E-state index contributed by atoms with van der Waals surface area (Å²) in [5.74, 6) is -0.661. The molecule has 162 valence electrons. The predicted octanol–water partition coefficient (Wildman–Crippen LogP) is 3.63. The number of aliphatic hydroxyl groups excluding tert-OH is 1. The Labute approximate surface area is 194 Å². The van der Waals surface area contributed by atoms with Crippen LogP contribution in [-0.4, -0.2) is 47.1 Å². The third kappa shape index (κ3) is 3.59. The van der Waals surface area contributed by atoms with E-state index in [9.17, 15) is 5.11 Å². The van der Waals surface area contributed by atoms with Crippen molar-refractivity contribution in [3.05, 3.63) is 60.7 Å². The summed E-state index contributed by atoms with van der Waals surface area (Å²) in [5, 5.41) is 14.4. The molecule has 2 aromatic rings. The van der Waals surface area contributed by atoms with Crippen molar-refractivity contribution in [3.8, 4) is 0 Å². The van der Waals surface area contributed by atoms with Crippen LogP contribution < -0.4 is 10.4 Å². The lowest BCUT2D eigenvalue weighted by molar-refractivity contribution is -0.209. The van der Waals surface area contributed by atoms with Crippen LogP contribution in [0.5, 0.6) is 0 Å². The number of rotatable bonds is 4. The monoisotopic (exact) mass is 538 g/mol. The third-order valence-corrected chi connectivity index (χ3v) is 13.9. The molecule has 2 aliphatic heterocycles. The number of ether oxygens (including phenoxy) is 3. The maximum Gasteiger partial charge on any atom is 0.188 e. The molecule has 2 fully saturated rings. The van der Waals surface area contributed by atoms with Crippen molar-refractivity contribution in [3.63, 3.8) is 0 Å². The number of alkyl halides is 1. The molecule has 4 nitrogen and oxygen atoms in total. The fourth-order valence-corrected chi connectivity index (χ4v) is 12.5. The summed E-state index contributed by atoms with van der Waals surface area (Å²) in [6, 6.07) is 21.0. The average Bonchev–Trinajstić information content (AvgIpc) is 3.15. The van der Waals surface area contributed by atoms with Crippen molar-refractivity contribution in [1.29, 1.82) is 0 Å². The summed E-state index contributed by atoms with van der Waals surface area (Å²) in [4.78, 5) is 0. The van der Waals surface area contributed by atoms with Crippen LogP contribution in [0.1, 0.15) is 34.6 Å². The van der Waals surface area contributed by atoms with E-state index in [0.29, 0.717) is 0 Å². The highest BCUT2D eigenvalue weighted by atomic mass is 127. The van der Waals surface area contributed by atoms with Gasteiger partial charge in [-0.1, -0.05) is 114 Å². The van der Waals surface area contributed by atoms with Crippen molar-refractivity contribution >= 4 is 41.0 Å². The Hall–Kier alpha value is -0.773. The molecule has 0 radical (unpaired) electrons. The van der Waals surface area contributed by atoms with Crippen LogP contribution in [0.15, 0.2) is 60.7 Å². The molecule has 6 heteroatoms. The molecule has 4 rings (SSSR count). The SMILES string of the molecule is CC1(C)OC2O[C@H](C(O)[Si](c3ccccc3)(c3ccccc3)C(C)(C)C)[C@@H](I)[C@H]2O1.